The average Bonchev–Trinajstić information content (AvgIpc) is 2.67. The number of aliphatic hydroxyl groups excluding tert-OH is 1. The Balaban J connectivity index is 1.82. The maximum atomic E-state index is 9.62. The van der Waals surface area contributed by atoms with Gasteiger partial charge in [0.2, 0.25) is 0 Å². The van der Waals surface area contributed by atoms with Crippen LogP contribution in [0.5, 0.6) is 0 Å². The zero-order valence-electron chi connectivity index (χ0n) is 9.69. The molecule has 1 aromatic heterocycles. The molecular weight excluding hydrogens is 300 g/mol. The standard InChI is InChI=1S/C13H17BrO2S/c14-10-5-12(17-6-10)13(7-16-8-13)9-1-3-11(15)4-2-9/h5-6,9,11,15H,1-4,7-8H2. The van der Waals surface area contributed by atoms with Gasteiger partial charge in [0, 0.05) is 14.7 Å². The molecule has 2 aliphatic rings. The van der Waals surface area contributed by atoms with Crippen molar-refractivity contribution in [2.75, 3.05) is 13.2 Å². The monoisotopic (exact) mass is 316 g/mol. The molecule has 94 valence electrons. The lowest BCUT2D eigenvalue weighted by atomic mass is 9.66. The van der Waals surface area contributed by atoms with Crippen LogP contribution < -0.4 is 0 Å². The molecular formula is C13H17BrO2S. The molecule has 0 amide bonds. The first kappa shape index (κ1) is 12.2. The summed E-state index contributed by atoms with van der Waals surface area (Å²) in [4.78, 5) is 1.46. The molecule has 17 heavy (non-hydrogen) atoms. The van der Waals surface area contributed by atoms with E-state index in [2.05, 4.69) is 27.4 Å². The predicted molar refractivity (Wildman–Crippen MR) is 72.5 cm³/mol. The minimum atomic E-state index is -0.0700. The van der Waals surface area contributed by atoms with E-state index in [0.29, 0.717) is 5.92 Å². The number of ether oxygens (including phenoxy) is 1. The summed E-state index contributed by atoms with van der Waals surface area (Å²) < 4.78 is 6.69. The third-order valence-electron chi connectivity index (χ3n) is 4.26. The van der Waals surface area contributed by atoms with Gasteiger partial charge in [0.1, 0.15) is 0 Å². The fourth-order valence-corrected chi connectivity index (χ4v) is 4.79. The molecule has 0 spiro atoms. The fraction of sp³-hybridized carbons (Fsp3) is 0.692. The first-order valence-corrected chi connectivity index (χ1v) is 7.88. The summed E-state index contributed by atoms with van der Waals surface area (Å²) in [6.45, 7) is 1.72. The second kappa shape index (κ2) is 4.65. The quantitative estimate of drug-likeness (QED) is 0.907. The van der Waals surface area contributed by atoms with Gasteiger partial charge in [0.15, 0.2) is 0 Å². The summed E-state index contributed by atoms with van der Waals surface area (Å²) in [6.07, 6.45) is 4.12. The number of halogens is 1. The minimum Gasteiger partial charge on any atom is -0.393 e. The average molecular weight is 317 g/mol. The maximum absolute atomic E-state index is 9.62. The summed E-state index contributed by atoms with van der Waals surface area (Å²) >= 11 is 5.38. The molecule has 1 aliphatic heterocycles. The molecule has 4 heteroatoms. The van der Waals surface area contributed by atoms with E-state index in [4.69, 9.17) is 4.74 Å². The van der Waals surface area contributed by atoms with Crippen LogP contribution in [-0.2, 0) is 10.2 Å². The predicted octanol–water partition coefficient (Wildman–Crippen LogP) is 3.33. The molecule has 1 aliphatic carbocycles. The topological polar surface area (TPSA) is 29.5 Å². The highest BCUT2D eigenvalue weighted by molar-refractivity contribution is 9.10. The van der Waals surface area contributed by atoms with Gasteiger partial charge in [-0.25, -0.2) is 0 Å². The van der Waals surface area contributed by atoms with Crippen molar-refractivity contribution in [1.82, 2.24) is 0 Å². The van der Waals surface area contributed by atoms with Gasteiger partial charge in [-0.1, -0.05) is 0 Å². The highest BCUT2D eigenvalue weighted by Crippen LogP contribution is 2.48. The van der Waals surface area contributed by atoms with E-state index in [1.165, 1.54) is 9.35 Å². The van der Waals surface area contributed by atoms with Crippen molar-refractivity contribution in [3.8, 4) is 0 Å². The van der Waals surface area contributed by atoms with Crippen LogP contribution >= 0.6 is 27.3 Å². The van der Waals surface area contributed by atoms with Gasteiger partial charge in [-0.3, -0.25) is 0 Å². The van der Waals surface area contributed by atoms with Crippen LogP contribution in [0.4, 0.5) is 0 Å². The highest BCUT2D eigenvalue weighted by atomic mass is 79.9. The molecule has 1 saturated heterocycles. The van der Waals surface area contributed by atoms with Crippen LogP contribution in [0.3, 0.4) is 0 Å². The number of thiophene rings is 1. The van der Waals surface area contributed by atoms with Crippen molar-refractivity contribution in [2.45, 2.75) is 37.2 Å². The molecule has 0 radical (unpaired) electrons. The van der Waals surface area contributed by atoms with Crippen LogP contribution in [0.15, 0.2) is 15.9 Å². The van der Waals surface area contributed by atoms with Gasteiger partial charge in [-0.2, -0.15) is 0 Å². The molecule has 2 heterocycles. The Kier molecular flexibility index (Phi) is 3.32. The van der Waals surface area contributed by atoms with Gasteiger partial charge in [0.25, 0.3) is 0 Å². The highest BCUT2D eigenvalue weighted by Gasteiger charge is 2.48. The molecule has 1 saturated carbocycles. The number of hydrogen-bond donors (Lipinski definition) is 1. The van der Waals surface area contributed by atoms with E-state index in [9.17, 15) is 5.11 Å². The molecule has 2 fully saturated rings. The fourth-order valence-electron chi connectivity index (χ4n) is 3.10. The van der Waals surface area contributed by atoms with E-state index in [1.807, 2.05) is 11.3 Å². The SMILES string of the molecule is OC1CCC(C2(c3cc(Br)cs3)COC2)CC1. The summed E-state index contributed by atoms with van der Waals surface area (Å²) in [5.41, 5.74) is 0.247. The van der Waals surface area contributed by atoms with Crippen molar-refractivity contribution in [3.05, 3.63) is 20.8 Å². The second-order valence-electron chi connectivity index (χ2n) is 5.28. The summed E-state index contributed by atoms with van der Waals surface area (Å²) in [5.74, 6) is 0.685. The summed E-state index contributed by atoms with van der Waals surface area (Å²) in [7, 11) is 0. The number of hydrogen-bond acceptors (Lipinski definition) is 3. The van der Waals surface area contributed by atoms with E-state index in [1.54, 1.807) is 0 Å². The number of rotatable bonds is 2. The van der Waals surface area contributed by atoms with Crippen molar-refractivity contribution in [2.24, 2.45) is 5.92 Å². The van der Waals surface area contributed by atoms with Gasteiger partial charge >= 0.3 is 0 Å². The Morgan fingerprint density at radius 3 is 2.47 bits per heavy atom. The third-order valence-corrected chi connectivity index (χ3v) is 6.17. The lowest BCUT2D eigenvalue weighted by molar-refractivity contribution is -0.101. The van der Waals surface area contributed by atoms with Gasteiger partial charge in [0.05, 0.1) is 24.7 Å². The first-order valence-electron chi connectivity index (χ1n) is 6.21. The molecule has 2 nitrogen and oxygen atoms in total. The van der Waals surface area contributed by atoms with Crippen LogP contribution in [-0.4, -0.2) is 24.4 Å². The smallest absolute Gasteiger partial charge is 0.0596 e. The van der Waals surface area contributed by atoms with Crippen molar-refractivity contribution in [1.29, 1.82) is 0 Å². The van der Waals surface area contributed by atoms with E-state index in [-0.39, 0.29) is 11.5 Å². The van der Waals surface area contributed by atoms with E-state index < -0.39 is 0 Å². The van der Waals surface area contributed by atoms with E-state index >= 15 is 0 Å². The Morgan fingerprint density at radius 1 is 1.29 bits per heavy atom. The third kappa shape index (κ3) is 2.09. The largest absolute Gasteiger partial charge is 0.393 e. The van der Waals surface area contributed by atoms with Crippen molar-refractivity contribution < 1.29 is 9.84 Å². The molecule has 1 aromatic rings. The Labute approximate surface area is 114 Å². The van der Waals surface area contributed by atoms with Crippen LogP contribution in [0.25, 0.3) is 0 Å². The Morgan fingerprint density at radius 2 is 2.00 bits per heavy atom. The normalized spacial score (nSPS) is 32.1. The lowest BCUT2D eigenvalue weighted by Crippen LogP contribution is -2.53. The van der Waals surface area contributed by atoms with Crippen molar-refractivity contribution >= 4 is 27.3 Å². The van der Waals surface area contributed by atoms with Crippen molar-refractivity contribution in [3.63, 3.8) is 0 Å². The molecule has 0 atom stereocenters. The molecule has 1 N–H and O–H groups in total. The molecule has 0 aromatic carbocycles. The zero-order chi connectivity index (χ0) is 11.9. The first-order chi connectivity index (χ1) is 8.21. The lowest BCUT2D eigenvalue weighted by Gasteiger charge is -2.48. The zero-order valence-corrected chi connectivity index (χ0v) is 12.1. The van der Waals surface area contributed by atoms with Crippen LogP contribution in [0.1, 0.15) is 30.6 Å². The summed E-state index contributed by atoms with van der Waals surface area (Å²) in [5, 5.41) is 11.8. The Bertz CT molecular complexity index is 392. The van der Waals surface area contributed by atoms with Gasteiger partial charge in [-0.05, 0) is 53.6 Å². The van der Waals surface area contributed by atoms with E-state index in [0.717, 1.165) is 38.9 Å². The second-order valence-corrected chi connectivity index (χ2v) is 7.11. The van der Waals surface area contributed by atoms with Gasteiger partial charge in [-0.15, -0.1) is 11.3 Å². The Hall–Kier alpha value is 0.1000. The number of aliphatic hydroxyl groups is 1. The maximum Gasteiger partial charge on any atom is 0.0596 e. The molecule has 0 unspecified atom stereocenters. The summed E-state index contributed by atoms with van der Waals surface area (Å²) in [6, 6.07) is 2.25. The van der Waals surface area contributed by atoms with Gasteiger partial charge < -0.3 is 9.84 Å². The molecule has 3 rings (SSSR count). The minimum absolute atomic E-state index is 0.0700. The van der Waals surface area contributed by atoms with Crippen LogP contribution in [0, 0.1) is 5.92 Å². The van der Waals surface area contributed by atoms with Crippen LogP contribution in [0.2, 0.25) is 0 Å². The molecule has 0 bridgehead atoms.